The molecule has 0 bridgehead atoms. The number of ether oxygens (including phenoxy) is 2. The summed E-state index contributed by atoms with van der Waals surface area (Å²) in [6.07, 6.45) is -8.20. The van der Waals surface area contributed by atoms with Gasteiger partial charge < -0.3 is 50.0 Å². The summed E-state index contributed by atoms with van der Waals surface area (Å²) in [4.78, 5) is 9.58. The van der Waals surface area contributed by atoms with E-state index in [4.69, 9.17) is 40.1 Å². The summed E-state index contributed by atoms with van der Waals surface area (Å²) in [7, 11) is 0. The zero-order valence-electron chi connectivity index (χ0n) is 11.4. The highest BCUT2D eigenvalue weighted by Gasteiger charge is 2.38. The van der Waals surface area contributed by atoms with E-state index in [1.165, 1.54) is 6.92 Å². The van der Waals surface area contributed by atoms with Crippen LogP contribution >= 0.6 is 0 Å². The Balaban J connectivity index is 0.000000433. The van der Waals surface area contributed by atoms with E-state index in [9.17, 15) is 9.90 Å². The third-order valence-electron chi connectivity index (χ3n) is 2.62. The van der Waals surface area contributed by atoms with E-state index in [0.29, 0.717) is 0 Å². The molecule has 10 heteroatoms. The minimum absolute atomic E-state index is 0.168. The molecule has 0 aromatic carbocycles. The molecule has 0 radical (unpaired) electrons. The zero-order valence-corrected chi connectivity index (χ0v) is 11.4. The van der Waals surface area contributed by atoms with Gasteiger partial charge in [-0.25, -0.2) is 0 Å². The number of hydrogen-bond acceptors (Lipinski definition) is 10. The van der Waals surface area contributed by atoms with Crippen molar-refractivity contribution in [3.05, 3.63) is 0 Å². The Kier molecular flexibility index (Phi) is 9.77. The van der Waals surface area contributed by atoms with Crippen molar-refractivity contribution in [1.82, 2.24) is 0 Å². The summed E-state index contributed by atoms with van der Waals surface area (Å²) in [6, 6.07) is 0. The van der Waals surface area contributed by atoms with Gasteiger partial charge >= 0.3 is 0 Å². The first-order valence-corrected chi connectivity index (χ1v) is 6.16. The van der Waals surface area contributed by atoms with E-state index >= 15 is 0 Å². The summed E-state index contributed by atoms with van der Waals surface area (Å²) < 4.78 is 9.68. The summed E-state index contributed by atoms with van der Waals surface area (Å²) in [6.45, 7) is 0.363. The fourth-order valence-corrected chi connectivity index (χ4v) is 1.29. The molecule has 1 saturated heterocycles. The van der Waals surface area contributed by atoms with Gasteiger partial charge in [0.1, 0.15) is 30.5 Å². The second-order valence-electron chi connectivity index (χ2n) is 4.35. The van der Waals surface area contributed by atoms with Gasteiger partial charge in [-0.05, 0) is 6.92 Å². The van der Waals surface area contributed by atoms with Crippen molar-refractivity contribution in [2.24, 2.45) is 0 Å². The summed E-state index contributed by atoms with van der Waals surface area (Å²) >= 11 is 0. The second-order valence-corrected chi connectivity index (χ2v) is 4.35. The predicted molar refractivity (Wildman–Crippen MR) is 65.7 cm³/mol. The van der Waals surface area contributed by atoms with E-state index in [1.807, 2.05) is 0 Å². The van der Waals surface area contributed by atoms with Crippen molar-refractivity contribution in [2.75, 3.05) is 13.2 Å². The Morgan fingerprint density at radius 1 is 1.05 bits per heavy atom. The van der Waals surface area contributed by atoms with E-state index < -0.39 is 56.3 Å². The SMILES string of the molecule is CC1OC(O)C(C(O)CO)OC1O.O=CC(O)C(O)CO. The number of carbonyl (C=O) groups excluding carboxylic acids is 1. The average Bonchev–Trinajstić information content (AvgIpc) is 2.49. The summed E-state index contributed by atoms with van der Waals surface area (Å²) in [5, 5.41) is 60.9. The van der Waals surface area contributed by atoms with Crippen LogP contribution in [-0.4, -0.2) is 98.3 Å². The van der Waals surface area contributed by atoms with Gasteiger partial charge in [-0.3, -0.25) is 0 Å². The van der Waals surface area contributed by atoms with Crippen LogP contribution in [0.3, 0.4) is 0 Å². The fraction of sp³-hybridized carbons (Fsp3) is 0.909. The predicted octanol–water partition coefficient (Wildman–Crippen LogP) is -4.32. The van der Waals surface area contributed by atoms with Crippen LogP contribution in [0.25, 0.3) is 0 Å². The maximum atomic E-state index is 9.58. The molecule has 0 amide bonds. The highest BCUT2D eigenvalue weighted by molar-refractivity contribution is 5.56. The molecule has 21 heavy (non-hydrogen) atoms. The Hall–Kier alpha value is -0.690. The van der Waals surface area contributed by atoms with E-state index in [0.717, 1.165) is 0 Å². The van der Waals surface area contributed by atoms with Crippen LogP contribution in [0.4, 0.5) is 0 Å². The monoisotopic (exact) mass is 314 g/mol. The first kappa shape index (κ1) is 20.3. The quantitative estimate of drug-likeness (QED) is 0.245. The molecule has 1 aliphatic rings. The Morgan fingerprint density at radius 2 is 1.62 bits per heavy atom. The average molecular weight is 314 g/mol. The maximum Gasteiger partial charge on any atom is 0.184 e. The van der Waals surface area contributed by atoms with Gasteiger partial charge in [-0.1, -0.05) is 0 Å². The topological polar surface area (TPSA) is 177 Å². The fourth-order valence-electron chi connectivity index (χ4n) is 1.29. The normalized spacial score (nSPS) is 33.3. The van der Waals surface area contributed by atoms with E-state index in [-0.39, 0.29) is 6.29 Å². The van der Waals surface area contributed by atoms with Crippen LogP contribution in [0.1, 0.15) is 6.92 Å². The molecular formula is C11H22O10. The lowest BCUT2D eigenvalue weighted by atomic mass is 10.1. The third kappa shape index (κ3) is 6.74. The lowest BCUT2D eigenvalue weighted by Crippen LogP contribution is -2.53. The van der Waals surface area contributed by atoms with Crippen molar-refractivity contribution in [3.63, 3.8) is 0 Å². The van der Waals surface area contributed by atoms with Crippen LogP contribution in [0, 0.1) is 0 Å². The number of carbonyl (C=O) groups is 1. The standard InChI is InChI=1S/C7H14O6.C4H8O4/c1-3-6(10)13-5(4(9)2-8)7(11)12-3;5-1-3(7)4(8)2-6/h3-11H,2H2,1H3;1,3-4,6-8H,2H2. The molecule has 10 nitrogen and oxygen atoms in total. The molecule has 7 atom stereocenters. The molecule has 7 unspecified atom stereocenters. The van der Waals surface area contributed by atoms with E-state index in [1.54, 1.807) is 0 Å². The van der Waals surface area contributed by atoms with Crippen LogP contribution < -0.4 is 0 Å². The van der Waals surface area contributed by atoms with Crippen molar-refractivity contribution < 1.29 is 50.0 Å². The van der Waals surface area contributed by atoms with Gasteiger partial charge in [0, 0.05) is 0 Å². The molecule has 7 N–H and O–H groups in total. The molecule has 1 aliphatic heterocycles. The molecule has 0 aromatic rings. The molecule has 0 spiro atoms. The Morgan fingerprint density at radius 3 is 2.00 bits per heavy atom. The van der Waals surface area contributed by atoms with E-state index in [2.05, 4.69) is 0 Å². The van der Waals surface area contributed by atoms with Crippen molar-refractivity contribution in [1.29, 1.82) is 0 Å². The van der Waals surface area contributed by atoms with Gasteiger partial charge in [0.05, 0.1) is 13.2 Å². The highest BCUT2D eigenvalue weighted by atomic mass is 16.7. The summed E-state index contributed by atoms with van der Waals surface area (Å²) in [5.41, 5.74) is 0. The Bertz CT molecular complexity index is 288. The smallest absolute Gasteiger partial charge is 0.184 e. The Labute approximate surface area is 120 Å². The van der Waals surface area contributed by atoms with Crippen molar-refractivity contribution >= 4 is 6.29 Å². The molecule has 1 fully saturated rings. The first-order valence-electron chi connectivity index (χ1n) is 6.16. The maximum absolute atomic E-state index is 9.58. The molecule has 0 saturated carbocycles. The van der Waals surface area contributed by atoms with Crippen LogP contribution in [0.5, 0.6) is 0 Å². The molecule has 1 heterocycles. The lowest BCUT2D eigenvalue weighted by molar-refractivity contribution is -0.341. The first-order chi connectivity index (χ1) is 9.78. The second kappa shape index (κ2) is 10.1. The zero-order chi connectivity index (χ0) is 16.6. The van der Waals surface area contributed by atoms with Crippen molar-refractivity contribution in [2.45, 2.75) is 50.0 Å². The van der Waals surface area contributed by atoms with Crippen LogP contribution in [0.2, 0.25) is 0 Å². The van der Waals surface area contributed by atoms with Crippen molar-refractivity contribution in [3.8, 4) is 0 Å². The lowest BCUT2D eigenvalue weighted by Gasteiger charge is -2.37. The number of aliphatic hydroxyl groups excluding tert-OH is 7. The summed E-state index contributed by atoms with van der Waals surface area (Å²) in [5.74, 6) is 0. The van der Waals surface area contributed by atoms with Gasteiger partial charge in [0.2, 0.25) is 0 Å². The number of rotatable bonds is 5. The van der Waals surface area contributed by atoms with Gasteiger partial charge in [-0.2, -0.15) is 0 Å². The molecule has 1 rings (SSSR count). The molecule has 0 aromatic heterocycles. The minimum atomic E-state index is -1.46. The highest BCUT2D eigenvalue weighted by Crippen LogP contribution is 2.19. The number of aldehydes is 1. The third-order valence-corrected chi connectivity index (χ3v) is 2.62. The van der Waals surface area contributed by atoms with Crippen LogP contribution in [0.15, 0.2) is 0 Å². The molecule has 126 valence electrons. The molecular weight excluding hydrogens is 292 g/mol. The number of hydrogen-bond donors (Lipinski definition) is 7. The van der Waals surface area contributed by atoms with Gasteiger partial charge in [0.25, 0.3) is 0 Å². The largest absolute Gasteiger partial charge is 0.394 e. The minimum Gasteiger partial charge on any atom is -0.394 e. The van der Waals surface area contributed by atoms with Crippen LogP contribution in [-0.2, 0) is 14.3 Å². The molecule has 0 aliphatic carbocycles. The van der Waals surface area contributed by atoms with Gasteiger partial charge in [-0.15, -0.1) is 0 Å². The number of aliphatic hydroxyl groups is 7. The van der Waals surface area contributed by atoms with Gasteiger partial charge in [0.15, 0.2) is 18.9 Å².